The first-order chi connectivity index (χ1) is 9.56. The molecule has 0 saturated carbocycles. The van der Waals surface area contributed by atoms with Crippen LogP contribution < -0.4 is 5.32 Å². The fourth-order valence-electron chi connectivity index (χ4n) is 2.63. The van der Waals surface area contributed by atoms with Gasteiger partial charge in [0.05, 0.1) is 0 Å². The number of rotatable bonds is 3. The molecule has 1 atom stereocenters. The lowest BCUT2D eigenvalue weighted by Gasteiger charge is -2.19. The van der Waals surface area contributed by atoms with E-state index in [2.05, 4.69) is 5.32 Å². The second-order valence-electron chi connectivity index (χ2n) is 5.57. The Morgan fingerprint density at radius 3 is 2.95 bits per heavy atom. The minimum Gasteiger partial charge on any atom is -0.346 e. The maximum Gasteiger partial charge on any atom is 0.225 e. The summed E-state index contributed by atoms with van der Waals surface area (Å²) in [5.74, 6) is -0.154. The Morgan fingerprint density at radius 2 is 2.20 bits per heavy atom. The highest BCUT2D eigenvalue weighted by atomic mass is 16.2. The molecule has 1 saturated heterocycles. The van der Waals surface area contributed by atoms with E-state index in [1.165, 1.54) is 0 Å². The van der Waals surface area contributed by atoms with Gasteiger partial charge in [-0.1, -0.05) is 18.6 Å². The van der Waals surface area contributed by atoms with Crippen molar-refractivity contribution in [1.82, 2.24) is 4.90 Å². The van der Waals surface area contributed by atoms with Crippen molar-refractivity contribution < 1.29 is 9.59 Å². The Morgan fingerprint density at radius 1 is 1.40 bits per heavy atom. The Balaban J connectivity index is 1.95. The first kappa shape index (κ1) is 14.6. The molecule has 1 heterocycles. The van der Waals surface area contributed by atoms with Gasteiger partial charge in [0.15, 0.2) is 0 Å². The molecule has 0 aliphatic carbocycles. The van der Waals surface area contributed by atoms with Crippen molar-refractivity contribution in [1.29, 1.82) is 0 Å². The maximum atomic E-state index is 12.1. The van der Waals surface area contributed by atoms with E-state index < -0.39 is 0 Å². The topological polar surface area (TPSA) is 49.4 Å². The SMILES string of the molecule is Cc1cccc(NC(=O)CC2CCCCN(C)C2=O)c1. The summed E-state index contributed by atoms with van der Waals surface area (Å²) >= 11 is 0. The zero-order valence-electron chi connectivity index (χ0n) is 12.2. The highest BCUT2D eigenvalue weighted by molar-refractivity contribution is 5.94. The average molecular weight is 274 g/mol. The predicted octanol–water partition coefficient (Wildman–Crippen LogP) is 2.58. The molecule has 2 amide bonds. The molecule has 4 nitrogen and oxygen atoms in total. The van der Waals surface area contributed by atoms with Crippen molar-refractivity contribution in [2.75, 3.05) is 18.9 Å². The standard InChI is InChI=1S/C16H22N2O2/c1-12-6-5-8-14(10-12)17-15(19)11-13-7-3-4-9-18(2)16(13)20/h5-6,8,10,13H,3-4,7,9,11H2,1-2H3,(H,17,19). The largest absolute Gasteiger partial charge is 0.346 e. The summed E-state index contributed by atoms with van der Waals surface area (Å²) in [6.45, 7) is 2.79. The van der Waals surface area contributed by atoms with Crippen LogP contribution in [-0.4, -0.2) is 30.3 Å². The minimum atomic E-state index is -0.174. The van der Waals surface area contributed by atoms with E-state index in [1.807, 2.05) is 38.2 Å². The third-order valence-corrected chi connectivity index (χ3v) is 3.76. The molecule has 1 unspecified atom stereocenters. The number of likely N-dealkylation sites (tertiary alicyclic amines) is 1. The third kappa shape index (κ3) is 3.83. The molecule has 1 N–H and O–H groups in total. The van der Waals surface area contributed by atoms with Crippen LogP contribution >= 0.6 is 0 Å². The summed E-state index contributed by atoms with van der Waals surface area (Å²) in [7, 11) is 1.82. The molecule has 0 radical (unpaired) electrons. The van der Waals surface area contributed by atoms with Crippen LogP contribution in [-0.2, 0) is 9.59 Å². The van der Waals surface area contributed by atoms with Gasteiger partial charge in [0, 0.05) is 31.6 Å². The van der Waals surface area contributed by atoms with E-state index in [9.17, 15) is 9.59 Å². The van der Waals surface area contributed by atoms with Gasteiger partial charge < -0.3 is 10.2 Å². The van der Waals surface area contributed by atoms with Crippen LogP contribution in [0.15, 0.2) is 24.3 Å². The normalized spacial score (nSPS) is 19.6. The Kier molecular flexibility index (Phi) is 4.77. The first-order valence-corrected chi connectivity index (χ1v) is 7.18. The van der Waals surface area contributed by atoms with Gasteiger partial charge in [0.1, 0.15) is 0 Å². The molecule has 1 aromatic carbocycles. The molecule has 1 fully saturated rings. The number of aryl methyl sites for hydroxylation is 1. The lowest BCUT2D eigenvalue weighted by Crippen LogP contribution is -2.33. The molecule has 1 aromatic rings. The second kappa shape index (κ2) is 6.55. The number of nitrogens with zero attached hydrogens (tertiary/aromatic N) is 1. The van der Waals surface area contributed by atoms with Gasteiger partial charge in [-0.3, -0.25) is 9.59 Å². The summed E-state index contributed by atoms with van der Waals surface area (Å²) in [4.78, 5) is 26.0. The van der Waals surface area contributed by atoms with E-state index in [0.717, 1.165) is 37.1 Å². The molecule has 2 rings (SSSR count). The summed E-state index contributed by atoms with van der Waals surface area (Å²) in [5, 5.41) is 2.88. The third-order valence-electron chi connectivity index (χ3n) is 3.76. The Labute approximate surface area is 120 Å². The number of benzene rings is 1. The Bertz CT molecular complexity index is 499. The van der Waals surface area contributed by atoms with Gasteiger partial charge in [0.25, 0.3) is 0 Å². The van der Waals surface area contributed by atoms with Crippen molar-refractivity contribution in [3.63, 3.8) is 0 Å². The van der Waals surface area contributed by atoms with E-state index >= 15 is 0 Å². The lowest BCUT2D eigenvalue weighted by molar-refractivity contribution is -0.135. The van der Waals surface area contributed by atoms with Crippen LogP contribution in [0.3, 0.4) is 0 Å². The number of carbonyl (C=O) groups excluding carboxylic acids is 2. The van der Waals surface area contributed by atoms with Gasteiger partial charge >= 0.3 is 0 Å². The summed E-state index contributed by atoms with van der Waals surface area (Å²) in [6.07, 6.45) is 3.12. The van der Waals surface area contributed by atoms with Crippen molar-refractivity contribution in [2.45, 2.75) is 32.6 Å². The quantitative estimate of drug-likeness (QED) is 0.921. The van der Waals surface area contributed by atoms with Gasteiger partial charge in [0.2, 0.25) is 11.8 Å². The highest BCUT2D eigenvalue weighted by Gasteiger charge is 2.26. The molecule has 0 bridgehead atoms. The minimum absolute atomic E-state index is 0.0794. The van der Waals surface area contributed by atoms with Crippen molar-refractivity contribution in [3.8, 4) is 0 Å². The van der Waals surface area contributed by atoms with Gasteiger partial charge in [-0.05, 0) is 37.5 Å². The highest BCUT2D eigenvalue weighted by Crippen LogP contribution is 2.21. The molecule has 108 valence electrons. The number of anilines is 1. The maximum absolute atomic E-state index is 12.1. The van der Waals surface area contributed by atoms with Crippen molar-refractivity contribution in [2.24, 2.45) is 5.92 Å². The van der Waals surface area contributed by atoms with Crippen LogP contribution in [0.5, 0.6) is 0 Å². The molecule has 1 aliphatic rings. The second-order valence-corrected chi connectivity index (χ2v) is 5.57. The predicted molar refractivity (Wildman–Crippen MR) is 79.4 cm³/mol. The van der Waals surface area contributed by atoms with Gasteiger partial charge in [-0.25, -0.2) is 0 Å². The average Bonchev–Trinajstić information content (AvgIpc) is 2.54. The number of hydrogen-bond donors (Lipinski definition) is 1. The monoisotopic (exact) mass is 274 g/mol. The number of hydrogen-bond acceptors (Lipinski definition) is 2. The molecule has 20 heavy (non-hydrogen) atoms. The van der Waals surface area contributed by atoms with E-state index in [0.29, 0.717) is 0 Å². The fourth-order valence-corrected chi connectivity index (χ4v) is 2.63. The van der Waals surface area contributed by atoms with Gasteiger partial charge in [-0.2, -0.15) is 0 Å². The Hall–Kier alpha value is -1.84. The number of nitrogens with one attached hydrogen (secondary N) is 1. The molecular weight excluding hydrogens is 252 g/mol. The summed E-state index contributed by atoms with van der Waals surface area (Å²) in [6, 6.07) is 7.69. The zero-order chi connectivity index (χ0) is 14.5. The van der Waals surface area contributed by atoms with Crippen LogP contribution in [0.4, 0.5) is 5.69 Å². The zero-order valence-corrected chi connectivity index (χ0v) is 12.2. The van der Waals surface area contributed by atoms with E-state index in [1.54, 1.807) is 4.90 Å². The number of amides is 2. The summed E-state index contributed by atoms with van der Waals surface area (Å²) < 4.78 is 0. The van der Waals surface area contributed by atoms with Gasteiger partial charge in [-0.15, -0.1) is 0 Å². The number of carbonyl (C=O) groups is 2. The molecule has 4 heteroatoms. The van der Waals surface area contributed by atoms with E-state index in [-0.39, 0.29) is 24.2 Å². The molecule has 0 spiro atoms. The van der Waals surface area contributed by atoms with Crippen molar-refractivity contribution in [3.05, 3.63) is 29.8 Å². The van der Waals surface area contributed by atoms with Crippen LogP contribution in [0, 0.1) is 12.8 Å². The lowest BCUT2D eigenvalue weighted by atomic mass is 9.98. The van der Waals surface area contributed by atoms with E-state index in [4.69, 9.17) is 0 Å². The fraction of sp³-hybridized carbons (Fsp3) is 0.500. The summed E-state index contributed by atoms with van der Waals surface area (Å²) in [5.41, 5.74) is 1.90. The van der Waals surface area contributed by atoms with Crippen LogP contribution in [0.1, 0.15) is 31.2 Å². The molecular formula is C16H22N2O2. The first-order valence-electron chi connectivity index (χ1n) is 7.18. The van der Waals surface area contributed by atoms with Crippen LogP contribution in [0.2, 0.25) is 0 Å². The smallest absolute Gasteiger partial charge is 0.225 e. The molecule has 0 aromatic heterocycles. The van der Waals surface area contributed by atoms with Crippen molar-refractivity contribution >= 4 is 17.5 Å². The molecule has 1 aliphatic heterocycles. The van der Waals surface area contributed by atoms with Crippen LogP contribution in [0.25, 0.3) is 0 Å².